The molecule has 0 atom stereocenters. The Hall–Kier alpha value is -3.91. The Morgan fingerprint density at radius 3 is 2.31 bits per heavy atom. The summed E-state index contributed by atoms with van der Waals surface area (Å²) in [4.78, 5) is 41.3. The summed E-state index contributed by atoms with van der Waals surface area (Å²) in [7, 11) is 0. The summed E-state index contributed by atoms with van der Waals surface area (Å²) in [5.74, 6) is -1.40. The largest absolute Gasteiger partial charge is 0.350 e. The third kappa shape index (κ3) is 5.83. The number of anilines is 2. The lowest BCUT2D eigenvalue weighted by Crippen LogP contribution is -2.35. The summed E-state index contributed by atoms with van der Waals surface area (Å²) in [5, 5.41) is 5.93. The second-order valence-electron chi connectivity index (χ2n) is 8.90. The number of carbonyl (C=O) groups is 3. The first-order chi connectivity index (χ1) is 17.2. The number of rotatable bonds is 8. The number of halogens is 1. The molecule has 0 saturated heterocycles. The molecule has 0 radical (unpaired) electrons. The highest BCUT2D eigenvalue weighted by Crippen LogP contribution is 2.37. The maximum Gasteiger partial charge on any atom is 0.278 e. The highest BCUT2D eigenvalue weighted by molar-refractivity contribution is 8.04. The molecule has 0 unspecified atom stereocenters. The lowest BCUT2D eigenvalue weighted by atomic mass is 10.2. The molecule has 1 heterocycles. The average molecular weight is 504 g/mol. The van der Waals surface area contributed by atoms with Gasteiger partial charge in [0.1, 0.15) is 16.4 Å². The summed E-state index contributed by atoms with van der Waals surface area (Å²) in [5.41, 5.74) is 2.86. The van der Waals surface area contributed by atoms with E-state index in [0.29, 0.717) is 33.3 Å². The van der Waals surface area contributed by atoms with Crippen molar-refractivity contribution < 1.29 is 18.8 Å². The zero-order chi connectivity index (χ0) is 25.8. The molecule has 8 heteroatoms. The Labute approximate surface area is 213 Å². The van der Waals surface area contributed by atoms with Crippen molar-refractivity contribution in [1.82, 2.24) is 4.90 Å². The predicted molar refractivity (Wildman–Crippen MR) is 140 cm³/mol. The average Bonchev–Trinajstić information content (AvgIpc) is 3.05. The van der Waals surface area contributed by atoms with Crippen molar-refractivity contribution in [2.24, 2.45) is 5.92 Å². The fourth-order valence-corrected chi connectivity index (χ4v) is 4.64. The van der Waals surface area contributed by atoms with Crippen molar-refractivity contribution in [3.05, 3.63) is 100 Å². The van der Waals surface area contributed by atoms with Gasteiger partial charge in [-0.15, -0.1) is 0 Å². The fraction of sp³-hybridized carbons (Fsp3) is 0.179. The molecule has 0 aliphatic carbocycles. The maximum atomic E-state index is 13.3. The number of aryl methyl sites for hydroxylation is 1. The van der Waals surface area contributed by atoms with Gasteiger partial charge in [-0.1, -0.05) is 49.4 Å². The minimum absolute atomic E-state index is 0.118. The van der Waals surface area contributed by atoms with E-state index in [0.717, 1.165) is 5.56 Å². The standard InChI is InChI=1S/C28H26FN3O3S/c1-17(2)16-32-27(34)24(30-21-13-7-18(3)8-14-21)25(28(32)35)36-23-6-4-5-22(15-23)31-26(33)19-9-11-20(29)12-10-19/h4-15,17,30H,16H2,1-3H3,(H,31,33). The fourth-order valence-electron chi connectivity index (χ4n) is 3.63. The van der Waals surface area contributed by atoms with E-state index >= 15 is 0 Å². The first-order valence-electron chi connectivity index (χ1n) is 11.5. The van der Waals surface area contributed by atoms with Gasteiger partial charge in [0, 0.05) is 28.4 Å². The van der Waals surface area contributed by atoms with Crippen molar-refractivity contribution in [3.8, 4) is 0 Å². The Balaban J connectivity index is 1.59. The lowest BCUT2D eigenvalue weighted by molar-refractivity contribution is -0.137. The molecule has 184 valence electrons. The van der Waals surface area contributed by atoms with Crippen LogP contribution in [0.3, 0.4) is 0 Å². The van der Waals surface area contributed by atoms with Crippen LogP contribution in [-0.4, -0.2) is 29.2 Å². The van der Waals surface area contributed by atoms with E-state index in [9.17, 15) is 18.8 Å². The topological polar surface area (TPSA) is 78.5 Å². The molecule has 0 saturated carbocycles. The van der Waals surface area contributed by atoms with Crippen molar-refractivity contribution in [1.29, 1.82) is 0 Å². The summed E-state index contributed by atoms with van der Waals surface area (Å²) in [6.45, 7) is 6.19. The Kier molecular flexibility index (Phi) is 7.55. The summed E-state index contributed by atoms with van der Waals surface area (Å²) in [6.07, 6.45) is 0. The Morgan fingerprint density at radius 1 is 0.944 bits per heavy atom. The molecule has 36 heavy (non-hydrogen) atoms. The van der Waals surface area contributed by atoms with Crippen LogP contribution in [-0.2, 0) is 9.59 Å². The first kappa shape index (κ1) is 25.2. The number of hydrogen-bond acceptors (Lipinski definition) is 5. The molecule has 0 spiro atoms. The molecule has 3 amide bonds. The summed E-state index contributed by atoms with van der Waals surface area (Å²) < 4.78 is 13.2. The summed E-state index contributed by atoms with van der Waals surface area (Å²) in [6, 6.07) is 19.8. The van der Waals surface area contributed by atoms with Gasteiger partial charge in [-0.25, -0.2) is 4.39 Å². The van der Waals surface area contributed by atoms with Gasteiger partial charge in [0.25, 0.3) is 17.7 Å². The van der Waals surface area contributed by atoms with Gasteiger partial charge in [0.05, 0.1) is 0 Å². The van der Waals surface area contributed by atoms with Gasteiger partial charge in [-0.2, -0.15) is 0 Å². The van der Waals surface area contributed by atoms with Crippen molar-refractivity contribution in [2.75, 3.05) is 17.2 Å². The van der Waals surface area contributed by atoms with E-state index in [1.54, 1.807) is 24.3 Å². The quantitative estimate of drug-likeness (QED) is 0.379. The van der Waals surface area contributed by atoms with Crippen LogP contribution in [0, 0.1) is 18.7 Å². The highest BCUT2D eigenvalue weighted by atomic mass is 32.2. The first-order valence-corrected chi connectivity index (χ1v) is 12.3. The van der Waals surface area contributed by atoms with Crippen molar-refractivity contribution in [2.45, 2.75) is 25.7 Å². The molecular formula is C28H26FN3O3S. The third-order valence-corrected chi connectivity index (χ3v) is 6.48. The SMILES string of the molecule is Cc1ccc(NC2=C(Sc3cccc(NC(=O)c4ccc(F)cc4)c3)C(=O)N(CC(C)C)C2=O)cc1. The smallest absolute Gasteiger partial charge is 0.278 e. The predicted octanol–water partition coefficient (Wildman–Crippen LogP) is 5.83. The number of imide groups is 1. The minimum Gasteiger partial charge on any atom is -0.350 e. The molecule has 3 aromatic carbocycles. The number of nitrogens with one attached hydrogen (secondary N) is 2. The number of benzene rings is 3. The van der Waals surface area contributed by atoms with Crippen LogP contribution in [0.4, 0.5) is 15.8 Å². The molecule has 0 aromatic heterocycles. The zero-order valence-corrected chi connectivity index (χ0v) is 21.0. The van der Waals surface area contributed by atoms with Crippen LogP contribution >= 0.6 is 11.8 Å². The molecule has 6 nitrogen and oxygen atoms in total. The second-order valence-corrected chi connectivity index (χ2v) is 9.98. The zero-order valence-electron chi connectivity index (χ0n) is 20.2. The van der Waals surface area contributed by atoms with Crippen LogP contribution in [0.15, 0.2) is 88.3 Å². The van der Waals surface area contributed by atoms with Gasteiger partial charge in [-0.05, 0) is 67.4 Å². The van der Waals surface area contributed by atoms with E-state index in [1.807, 2.05) is 45.0 Å². The molecule has 4 rings (SSSR count). The molecule has 1 aliphatic heterocycles. The van der Waals surface area contributed by atoms with Crippen molar-refractivity contribution >= 4 is 40.9 Å². The number of carbonyl (C=O) groups excluding carboxylic acids is 3. The Morgan fingerprint density at radius 2 is 1.64 bits per heavy atom. The number of thioether (sulfide) groups is 1. The van der Waals surface area contributed by atoms with Gasteiger partial charge in [0.2, 0.25) is 0 Å². The van der Waals surface area contributed by atoms with E-state index < -0.39 is 5.82 Å². The van der Waals surface area contributed by atoms with Gasteiger partial charge >= 0.3 is 0 Å². The van der Waals surface area contributed by atoms with Crippen LogP contribution < -0.4 is 10.6 Å². The van der Waals surface area contributed by atoms with E-state index in [1.165, 1.54) is 40.9 Å². The van der Waals surface area contributed by atoms with E-state index in [-0.39, 0.29) is 29.3 Å². The molecule has 0 fully saturated rings. The lowest BCUT2D eigenvalue weighted by Gasteiger charge is -2.17. The van der Waals surface area contributed by atoms with Gasteiger partial charge in [-0.3, -0.25) is 19.3 Å². The van der Waals surface area contributed by atoms with E-state index in [2.05, 4.69) is 10.6 Å². The molecule has 2 N–H and O–H groups in total. The maximum absolute atomic E-state index is 13.3. The number of amides is 3. The molecule has 3 aromatic rings. The van der Waals surface area contributed by atoms with Crippen LogP contribution in [0.2, 0.25) is 0 Å². The van der Waals surface area contributed by atoms with Crippen LogP contribution in [0.5, 0.6) is 0 Å². The van der Waals surface area contributed by atoms with E-state index in [4.69, 9.17) is 0 Å². The third-order valence-electron chi connectivity index (χ3n) is 5.41. The number of nitrogens with zero attached hydrogens (tertiary/aromatic N) is 1. The minimum atomic E-state index is -0.421. The Bertz CT molecular complexity index is 1330. The van der Waals surface area contributed by atoms with Crippen LogP contribution in [0.25, 0.3) is 0 Å². The molecule has 0 bridgehead atoms. The molecular weight excluding hydrogens is 477 g/mol. The van der Waals surface area contributed by atoms with Gasteiger partial charge < -0.3 is 10.6 Å². The van der Waals surface area contributed by atoms with Gasteiger partial charge in [0.15, 0.2) is 0 Å². The normalized spacial score (nSPS) is 13.5. The van der Waals surface area contributed by atoms with Crippen LogP contribution in [0.1, 0.15) is 29.8 Å². The van der Waals surface area contributed by atoms with Crippen molar-refractivity contribution in [3.63, 3.8) is 0 Å². The summed E-state index contributed by atoms with van der Waals surface area (Å²) >= 11 is 1.17. The monoisotopic (exact) mass is 503 g/mol. The molecule has 1 aliphatic rings. The second kappa shape index (κ2) is 10.8. The highest BCUT2D eigenvalue weighted by Gasteiger charge is 2.39. The number of hydrogen-bond donors (Lipinski definition) is 2.